The van der Waals surface area contributed by atoms with Crippen molar-refractivity contribution in [1.29, 1.82) is 5.26 Å². The summed E-state index contributed by atoms with van der Waals surface area (Å²) in [6, 6.07) is 9.48. The normalized spacial score (nSPS) is 13.2. The van der Waals surface area contributed by atoms with Crippen molar-refractivity contribution in [3.05, 3.63) is 29.8 Å². The van der Waals surface area contributed by atoms with E-state index < -0.39 is 11.5 Å². The second kappa shape index (κ2) is 6.76. The molecular formula is C14H18N2O3. The molecular weight excluding hydrogens is 244 g/mol. The molecule has 0 amide bonds. The zero-order valence-corrected chi connectivity index (χ0v) is 11.4. The summed E-state index contributed by atoms with van der Waals surface area (Å²) in [4.78, 5) is 11.7. The molecule has 1 N–H and O–H groups in total. The van der Waals surface area contributed by atoms with Crippen LogP contribution in [0, 0.1) is 11.3 Å². The maximum Gasteiger partial charge on any atom is 0.326 e. The molecule has 1 aromatic rings. The number of carbonyl (C=O) groups excluding carboxylic acids is 1. The first kappa shape index (κ1) is 15.0. The van der Waals surface area contributed by atoms with Gasteiger partial charge in [0.2, 0.25) is 0 Å². The number of nitrogens with one attached hydrogen (secondary N) is 1. The number of carbonyl (C=O) groups is 1. The van der Waals surface area contributed by atoms with Crippen LogP contribution in [0.1, 0.15) is 18.9 Å². The molecule has 0 fully saturated rings. The zero-order chi connectivity index (χ0) is 14.3. The minimum atomic E-state index is -0.997. The highest BCUT2D eigenvalue weighted by Gasteiger charge is 2.33. The SMILES string of the molecule is COC(=O)[C@](C)(CC#N)NCc1ccc(OC)cc1. The lowest BCUT2D eigenvalue weighted by atomic mass is 9.98. The van der Waals surface area contributed by atoms with Crippen LogP contribution in [0.5, 0.6) is 5.75 Å². The maximum atomic E-state index is 11.7. The zero-order valence-electron chi connectivity index (χ0n) is 11.4. The maximum absolute atomic E-state index is 11.7. The van der Waals surface area contributed by atoms with E-state index in [1.165, 1.54) is 7.11 Å². The van der Waals surface area contributed by atoms with Crippen molar-refractivity contribution >= 4 is 5.97 Å². The van der Waals surface area contributed by atoms with Gasteiger partial charge in [-0.25, -0.2) is 0 Å². The van der Waals surface area contributed by atoms with E-state index in [0.29, 0.717) is 6.54 Å². The summed E-state index contributed by atoms with van der Waals surface area (Å²) in [6.45, 7) is 2.13. The van der Waals surface area contributed by atoms with Crippen molar-refractivity contribution in [2.45, 2.75) is 25.4 Å². The minimum Gasteiger partial charge on any atom is -0.497 e. The Kier molecular flexibility index (Phi) is 5.34. The predicted molar refractivity (Wildman–Crippen MR) is 70.5 cm³/mol. The summed E-state index contributed by atoms with van der Waals surface area (Å²) in [5.41, 5.74) is -0.00228. The monoisotopic (exact) mass is 262 g/mol. The molecule has 0 unspecified atom stereocenters. The van der Waals surface area contributed by atoms with Crippen LogP contribution in [0.2, 0.25) is 0 Å². The molecule has 0 aliphatic heterocycles. The van der Waals surface area contributed by atoms with Crippen molar-refractivity contribution in [2.24, 2.45) is 0 Å². The third kappa shape index (κ3) is 3.97. The quantitative estimate of drug-likeness (QED) is 0.789. The van der Waals surface area contributed by atoms with Crippen molar-refractivity contribution in [1.82, 2.24) is 5.32 Å². The molecule has 1 aromatic carbocycles. The van der Waals surface area contributed by atoms with Gasteiger partial charge in [-0.1, -0.05) is 12.1 Å². The fourth-order valence-electron chi connectivity index (χ4n) is 1.63. The van der Waals surface area contributed by atoms with Crippen LogP contribution >= 0.6 is 0 Å². The molecule has 1 atom stereocenters. The van der Waals surface area contributed by atoms with E-state index in [1.807, 2.05) is 30.3 Å². The Labute approximate surface area is 113 Å². The standard InChI is InChI=1S/C14H18N2O3/c1-14(8-9-15,13(17)19-3)16-10-11-4-6-12(18-2)7-5-11/h4-7,16H,8,10H2,1-3H3/t14-/m0/s1. The molecule has 0 aromatic heterocycles. The fourth-order valence-corrected chi connectivity index (χ4v) is 1.63. The van der Waals surface area contributed by atoms with Gasteiger partial charge in [0.25, 0.3) is 0 Å². The molecule has 0 radical (unpaired) electrons. The summed E-state index contributed by atoms with van der Waals surface area (Å²) in [5.74, 6) is 0.332. The second-order valence-electron chi connectivity index (χ2n) is 4.36. The number of esters is 1. The van der Waals surface area contributed by atoms with Gasteiger partial charge >= 0.3 is 5.97 Å². The second-order valence-corrected chi connectivity index (χ2v) is 4.36. The number of hydrogen-bond acceptors (Lipinski definition) is 5. The average Bonchev–Trinajstić information content (AvgIpc) is 2.45. The van der Waals surface area contributed by atoms with E-state index in [4.69, 9.17) is 14.7 Å². The molecule has 5 heteroatoms. The van der Waals surface area contributed by atoms with E-state index >= 15 is 0 Å². The van der Waals surface area contributed by atoms with Crippen LogP contribution in [0.3, 0.4) is 0 Å². The van der Waals surface area contributed by atoms with E-state index in [0.717, 1.165) is 11.3 Å². The number of rotatable bonds is 6. The van der Waals surface area contributed by atoms with Crippen LogP contribution < -0.4 is 10.1 Å². The number of hydrogen-bond donors (Lipinski definition) is 1. The smallest absolute Gasteiger partial charge is 0.326 e. The van der Waals surface area contributed by atoms with Gasteiger partial charge in [-0.05, 0) is 24.6 Å². The molecule has 0 bridgehead atoms. The van der Waals surface area contributed by atoms with Gasteiger partial charge in [-0.3, -0.25) is 10.1 Å². The lowest BCUT2D eigenvalue weighted by Crippen LogP contribution is -2.49. The molecule has 5 nitrogen and oxygen atoms in total. The number of ether oxygens (including phenoxy) is 2. The Hall–Kier alpha value is -2.06. The summed E-state index contributed by atoms with van der Waals surface area (Å²) >= 11 is 0. The number of nitrogens with zero attached hydrogens (tertiary/aromatic N) is 1. The van der Waals surface area contributed by atoms with Crippen molar-refractivity contribution in [3.63, 3.8) is 0 Å². The molecule has 0 spiro atoms. The van der Waals surface area contributed by atoms with Gasteiger partial charge in [0, 0.05) is 6.54 Å². The fraction of sp³-hybridized carbons (Fsp3) is 0.429. The third-order valence-corrected chi connectivity index (χ3v) is 2.91. The summed E-state index contributed by atoms with van der Waals surface area (Å²) in [6.07, 6.45) is 0.0514. The molecule has 0 heterocycles. The molecule has 0 saturated carbocycles. The van der Waals surface area contributed by atoms with E-state index in [-0.39, 0.29) is 6.42 Å². The van der Waals surface area contributed by atoms with Crippen LogP contribution in [-0.4, -0.2) is 25.7 Å². The van der Waals surface area contributed by atoms with Crippen LogP contribution in [0.4, 0.5) is 0 Å². The lowest BCUT2D eigenvalue weighted by Gasteiger charge is -2.25. The van der Waals surface area contributed by atoms with E-state index in [2.05, 4.69) is 5.32 Å². The number of methoxy groups -OCH3 is 2. The minimum absolute atomic E-state index is 0.0514. The highest BCUT2D eigenvalue weighted by molar-refractivity contribution is 5.80. The van der Waals surface area contributed by atoms with Crippen molar-refractivity contribution in [3.8, 4) is 11.8 Å². The predicted octanol–water partition coefficient (Wildman–Crippen LogP) is 1.63. The Morgan fingerprint density at radius 3 is 2.47 bits per heavy atom. The first-order valence-electron chi connectivity index (χ1n) is 5.89. The van der Waals surface area contributed by atoms with Gasteiger partial charge in [-0.15, -0.1) is 0 Å². The molecule has 1 rings (SSSR count). The van der Waals surface area contributed by atoms with Crippen LogP contribution in [-0.2, 0) is 16.1 Å². The topological polar surface area (TPSA) is 71.4 Å². The molecule has 0 aliphatic rings. The summed E-state index contributed by atoms with van der Waals surface area (Å²) in [5, 5.41) is 11.9. The van der Waals surface area contributed by atoms with Crippen LogP contribution in [0.25, 0.3) is 0 Å². The van der Waals surface area contributed by atoms with Gasteiger partial charge in [-0.2, -0.15) is 5.26 Å². The van der Waals surface area contributed by atoms with Crippen molar-refractivity contribution < 1.29 is 14.3 Å². The molecule has 0 aliphatic carbocycles. The summed E-state index contributed by atoms with van der Waals surface area (Å²) in [7, 11) is 2.92. The van der Waals surface area contributed by atoms with Gasteiger partial charge < -0.3 is 9.47 Å². The Morgan fingerprint density at radius 2 is 2.00 bits per heavy atom. The first-order chi connectivity index (χ1) is 9.05. The Morgan fingerprint density at radius 1 is 1.37 bits per heavy atom. The van der Waals surface area contributed by atoms with E-state index in [1.54, 1.807) is 14.0 Å². The summed E-state index contributed by atoms with van der Waals surface area (Å²) < 4.78 is 9.79. The molecule has 0 saturated heterocycles. The average molecular weight is 262 g/mol. The number of benzene rings is 1. The van der Waals surface area contributed by atoms with Crippen molar-refractivity contribution in [2.75, 3.05) is 14.2 Å². The lowest BCUT2D eigenvalue weighted by molar-refractivity contribution is -0.147. The highest BCUT2D eigenvalue weighted by atomic mass is 16.5. The van der Waals surface area contributed by atoms with Gasteiger partial charge in [0.1, 0.15) is 11.3 Å². The Balaban J connectivity index is 2.70. The molecule has 102 valence electrons. The van der Waals surface area contributed by atoms with Crippen LogP contribution in [0.15, 0.2) is 24.3 Å². The highest BCUT2D eigenvalue weighted by Crippen LogP contribution is 2.15. The molecule has 19 heavy (non-hydrogen) atoms. The third-order valence-electron chi connectivity index (χ3n) is 2.91. The van der Waals surface area contributed by atoms with Gasteiger partial charge in [0.05, 0.1) is 26.7 Å². The van der Waals surface area contributed by atoms with E-state index in [9.17, 15) is 4.79 Å². The first-order valence-corrected chi connectivity index (χ1v) is 5.89. The largest absolute Gasteiger partial charge is 0.497 e. The Bertz CT molecular complexity index is 465. The van der Waals surface area contributed by atoms with Gasteiger partial charge in [0.15, 0.2) is 0 Å². The number of nitriles is 1.